The van der Waals surface area contributed by atoms with Crippen LogP contribution in [0.2, 0.25) is 0 Å². The summed E-state index contributed by atoms with van der Waals surface area (Å²) in [6.07, 6.45) is -0.107. The molecule has 0 unspecified atom stereocenters. The lowest BCUT2D eigenvalue weighted by molar-refractivity contribution is -0.130. The predicted molar refractivity (Wildman–Crippen MR) is 110 cm³/mol. The Bertz CT molecular complexity index is 991. The summed E-state index contributed by atoms with van der Waals surface area (Å²) in [6.45, 7) is 1.96. The standard InChI is InChI=1S/C20H22N2O4S2/c1-14(10-20(24)22(2)12-15-6-4-3-5-7-15)28(25,26)16-8-9-18-17(11-16)21-19(23)13-27-18/h3-9,11,14H,10,12-13H2,1-2H3,(H,21,23)/t14-/m0/s1. The van der Waals surface area contributed by atoms with E-state index in [9.17, 15) is 18.0 Å². The van der Waals surface area contributed by atoms with E-state index in [1.807, 2.05) is 30.3 Å². The van der Waals surface area contributed by atoms with Crippen molar-refractivity contribution in [2.75, 3.05) is 18.1 Å². The second-order valence-electron chi connectivity index (χ2n) is 6.79. The monoisotopic (exact) mass is 418 g/mol. The Balaban J connectivity index is 1.70. The first-order valence-corrected chi connectivity index (χ1v) is 11.4. The van der Waals surface area contributed by atoms with Gasteiger partial charge in [-0.25, -0.2) is 8.42 Å². The summed E-state index contributed by atoms with van der Waals surface area (Å²) in [7, 11) is -2.03. The van der Waals surface area contributed by atoms with Gasteiger partial charge < -0.3 is 10.2 Å². The van der Waals surface area contributed by atoms with Crippen molar-refractivity contribution in [2.24, 2.45) is 0 Å². The van der Waals surface area contributed by atoms with E-state index in [0.29, 0.717) is 18.0 Å². The second-order valence-corrected chi connectivity index (χ2v) is 10.2. The van der Waals surface area contributed by atoms with Gasteiger partial charge in [-0.1, -0.05) is 30.3 Å². The quantitative estimate of drug-likeness (QED) is 0.780. The Labute approximate surface area is 169 Å². The molecule has 0 radical (unpaired) electrons. The first-order valence-electron chi connectivity index (χ1n) is 8.86. The third-order valence-corrected chi connectivity index (χ3v) is 7.80. The zero-order chi connectivity index (χ0) is 20.3. The Morgan fingerprint density at radius 3 is 2.64 bits per heavy atom. The Kier molecular flexibility index (Phi) is 6.10. The SMILES string of the molecule is C[C@@H](CC(=O)N(C)Cc1ccccc1)S(=O)(=O)c1ccc2c(c1)NC(=O)CS2. The van der Waals surface area contributed by atoms with Gasteiger partial charge in [-0.2, -0.15) is 0 Å². The van der Waals surface area contributed by atoms with Crippen LogP contribution in [0, 0.1) is 0 Å². The van der Waals surface area contributed by atoms with E-state index in [-0.39, 0.29) is 23.1 Å². The van der Waals surface area contributed by atoms with Crippen LogP contribution in [-0.2, 0) is 26.0 Å². The number of fused-ring (bicyclic) bond motifs is 1. The zero-order valence-electron chi connectivity index (χ0n) is 15.7. The summed E-state index contributed by atoms with van der Waals surface area (Å²) in [6, 6.07) is 14.2. The van der Waals surface area contributed by atoms with Crippen LogP contribution in [0.15, 0.2) is 58.3 Å². The van der Waals surface area contributed by atoms with Crippen LogP contribution in [0.1, 0.15) is 18.9 Å². The molecule has 6 nitrogen and oxygen atoms in total. The highest BCUT2D eigenvalue weighted by atomic mass is 32.2. The van der Waals surface area contributed by atoms with Gasteiger partial charge in [0.1, 0.15) is 0 Å². The lowest BCUT2D eigenvalue weighted by atomic mass is 10.2. The molecule has 1 aliphatic heterocycles. The highest BCUT2D eigenvalue weighted by molar-refractivity contribution is 8.00. The molecule has 1 heterocycles. The number of nitrogens with one attached hydrogen (secondary N) is 1. The van der Waals surface area contributed by atoms with E-state index in [1.165, 1.54) is 35.7 Å². The molecule has 148 valence electrons. The predicted octanol–water partition coefficient (Wildman–Crippen LogP) is 2.94. The van der Waals surface area contributed by atoms with Crippen molar-refractivity contribution in [3.05, 3.63) is 54.1 Å². The summed E-state index contributed by atoms with van der Waals surface area (Å²) < 4.78 is 25.9. The normalized spacial score (nSPS) is 14.7. The van der Waals surface area contributed by atoms with Gasteiger partial charge in [0.05, 0.1) is 21.6 Å². The van der Waals surface area contributed by atoms with Crippen molar-refractivity contribution < 1.29 is 18.0 Å². The smallest absolute Gasteiger partial charge is 0.234 e. The van der Waals surface area contributed by atoms with Crippen molar-refractivity contribution in [1.29, 1.82) is 0 Å². The largest absolute Gasteiger partial charge is 0.341 e. The van der Waals surface area contributed by atoms with E-state index in [0.717, 1.165) is 10.5 Å². The van der Waals surface area contributed by atoms with Crippen molar-refractivity contribution in [3.8, 4) is 0 Å². The van der Waals surface area contributed by atoms with E-state index < -0.39 is 15.1 Å². The number of anilines is 1. The zero-order valence-corrected chi connectivity index (χ0v) is 17.3. The fourth-order valence-corrected chi connectivity index (χ4v) is 5.08. The molecular formula is C20H22N2O4S2. The third kappa shape index (κ3) is 4.56. The minimum Gasteiger partial charge on any atom is -0.341 e. The molecule has 1 N–H and O–H groups in total. The highest BCUT2D eigenvalue weighted by Crippen LogP contribution is 2.34. The summed E-state index contributed by atoms with van der Waals surface area (Å²) in [5.74, 6) is -0.0721. The number of hydrogen-bond donors (Lipinski definition) is 1. The maximum absolute atomic E-state index is 12.9. The average Bonchev–Trinajstić information content (AvgIpc) is 2.67. The van der Waals surface area contributed by atoms with Crippen LogP contribution in [0.3, 0.4) is 0 Å². The van der Waals surface area contributed by atoms with Gasteiger partial charge in [0.2, 0.25) is 11.8 Å². The molecule has 2 aromatic carbocycles. The first kappa shape index (κ1) is 20.4. The fraction of sp³-hybridized carbons (Fsp3) is 0.300. The van der Waals surface area contributed by atoms with Gasteiger partial charge in [-0.15, -0.1) is 11.8 Å². The molecule has 0 spiro atoms. The molecule has 2 amide bonds. The van der Waals surface area contributed by atoms with Gasteiger partial charge in [0.15, 0.2) is 9.84 Å². The van der Waals surface area contributed by atoms with E-state index in [1.54, 1.807) is 13.1 Å². The van der Waals surface area contributed by atoms with Crippen LogP contribution in [0.5, 0.6) is 0 Å². The Hall–Kier alpha value is -2.32. The van der Waals surface area contributed by atoms with Crippen LogP contribution in [0.4, 0.5) is 5.69 Å². The molecule has 2 aromatic rings. The molecule has 0 aromatic heterocycles. The van der Waals surface area contributed by atoms with Crippen LogP contribution < -0.4 is 5.32 Å². The maximum atomic E-state index is 12.9. The number of benzene rings is 2. The van der Waals surface area contributed by atoms with Crippen LogP contribution in [-0.4, -0.2) is 43.2 Å². The van der Waals surface area contributed by atoms with E-state index in [4.69, 9.17) is 0 Å². The van der Waals surface area contributed by atoms with Crippen LogP contribution >= 0.6 is 11.8 Å². The molecule has 0 bridgehead atoms. The van der Waals surface area contributed by atoms with Gasteiger partial charge >= 0.3 is 0 Å². The minimum absolute atomic E-state index is 0.107. The van der Waals surface area contributed by atoms with Crippen LogP contribution in [0.25, 0.3) is 0 Å². The average molecular weight is 419 g/mol. The summed E-state index contributed by atoms with van der Waals surface area (Å²) in [5, 5.41) is 1.83. The maximum Gasteiger partial charge on any atom is 0.234 e. The number of carbonyl (C=O) groups excluding carboxylic acids is 2. The van der Waals surface area contributed by atoms with E-state index in [2.05, 4.69) is 5.32 Å². The molecule has 0 fully saturated rings. The van der Waals surface area contributed by atoms with Gasteiger partial charge in [0.25, 0.3) is 0 Å². The van der Waals surface area contributed by atoms with Crippen molar-refractivity contribution in [3.63, 3.8) is 0 Å². The number of sulfone groups is 1. The van der Waals surface area contributed by atoms with Crippen molar-refractivity contribution >= 4 is 39.1 Å². The number of carbonyl (C=O) groups is 2. The first-order chi connectivity index (χ1) is 13.3. The molecule has 0 aliphatic carbocycles. The Morgan fingerprint density at radius 2 is 1.93 bits per heavy atom. The topological polar surface area (TPSA) is 83.6 Å². The van der Waals surface area contributed by atoms with Crippen molar-refractivity contribution in [2.45, 2.75) is 34.9 Å². The third-order valence-electron chi connectivity index (χ3n) is 4.59. The highest BCUT2D eigenvalue weighted by Gasteiger charge is 2.28. The molecule has 28 heavy (non-hydrogen) atoms. The second kappa shape index (κ2) is 8.36. The lowest BCUT2D eigenvalue weighted by Crippen LogP contribution is -2.31. The fourth-order valence-electron chi connectivity index (χ4n) is 2.93. The molecule has 8 heteroatoms. The number of hydrogen-bond acceptors (Lipinski definition) is 5. The molecular weight excluding hydrogens is 396 g/mol. The Morgan fingerprint density at radius 1 is 1.21 bits per heavy atom. The molecule has 0 saturated carbocycles. The van der Waals surface area contributed by atoms with Gasteiger partial charge in [0, 0.05) is 24.9 Å². The molecule has 0 saturated heterocycles. The van der Waals surface area contributed by atoms with E-state index >= 15 is 0 Å². The molecule has 1 aliphatic rings. The number of rotatable bonds is 6. The number of nitrogens with zero attached hydrogens (tertiary/aromatic N) is 1. The minimum atomic E-state index is -3.70. The lowest BCUT2D eigenvalue weighted by Gasteiger charge is -2.21. The van der Waals surface area contributed by atoms with Gasteiger partial charge in [-0.05, 0) is 30.7 Å². The van der Waals surface area contributed by atoms with Crippen molar-refractivity contribution in [1.82, 2.24) is 4.90 Å². The summed E-state index contributed by atoms with van der Waals surface area (Å²) in [5.41, 5.74) is 1.49. The van der Waals surface area contributed by atoms with Gasteiger partial charge in [-0.3, -0.25) is 9.59 Å². The molecule has 3 rings (SSSR count). The molecule has 1 atom stereocenters. The number of amides is 2. The summed E-state index contributed by atoms with van der Waals surface area (Å²) in [4.78, 5) is 26.6. The number of thioether (sulfide) groups is 1. The summed E-state index contributed by atoms with van der Waals surface area (Å²) >= 11 is 1.37.